The van der Waals surface area contributed by atoms with Gasteiger partial charge in [0.15, 0.2) is 0 Å². The van der Waals surface area contributed by atoms with Crippen molar-refractivity contribution in [2.24, 2.45) is 5.73 Å². The molecular formula is C12H18N4O3. The Balaban J connectivity index is 2.08. The molecule has 0 amide bonds. The Bertz CT molecular complexity index is 478. The molecule has 1 fully saturated rings. The standard InChI is InChI=1S/C12H18N4O3/c1-3-19-10-5-9(13)11(10)15-12-7(2)4-8(6-14-12)16(17)18/h4,6,9-11H,3,5,13H2,1-2H3,(H,14,15). The summed E-state index contributed by atoms with van der Waals surface area (Å²) in [4.78, 5) is 14.3. The Kier molecular flexibility index (Phi) is 3.96. The van der Waals surface area contributed by atoms with E-state index in [2.05, 4.69) is 10.3 Å². The molecule has 104 valence electrons. The first-order valence-electron chi connectivity index (χ1n) is 6.27. The van der Waals surface area contributed by atoms with Crippen LogP contribution in [-0.2, 0) is 4.74 Å². The van der Waals surface area contributed by atoms with Crippen molar-refractivity contribution >= 4 is 11.5 Å². The Morgan fingerprint density at radius 2 is 2.42 bits per heavy atom. The van der Waals surface area contributed by atoms with E-state index in [1.54, 1.807) is 6.92 Å². The number of nitrogens with two attached hydrogens (primary N) is 1. The Morgan fingerprint density at radius 3 is 2.95 bits per heavy atom. The lowest BCUT2D eigenvalue weighted by Crippen LogP contribution is -2.60. The van der Waals surface area contributed by atoms with Crippen LogP contribution in [0.2, 0.25) is 0 Å². The number of nitrogens with zero attached hydrogens (tertiary/aromatic N) is 2. The highest BCUT2D eigenvalue weighted by atomic mass is 16.6. The van der Waals surface area contributed by atoms with E-state index in [0.717, 1.165) is 12.0 Å². The SMILES string of the molecule is CCOC1CC(N)C1Nc1ncc([N+](=O)[O-])cc1C. The van der Waals surface area contributed by atoms with Crippen LogP contribution in [-0.4, -0.2) is 34.7 Å². The fraction of sp³-hybridized carbons (Fsp3) is 0.583. The third kappa shape index (κ3) is 2.82. The van der Waals surface area contributed by atoms with Crippen LogP contribution in [0.15, 0.2) is 12.3 Å². The molecular weight excluding hydrogens is 248 g/mol. The second-order valence-electron chi connectivity index (χ2n) is 4.68. The fourth-order valence-electron chi connectivity index (χ4n) is 2.20. The largest absolute Gasteiger partial charge is 0.376 e. The fourth-order valence-corrected chi connectivity index (χ4v) is 2.20. The molecule has 0 aromatic carbocycles. The molecule has 0 saturated heterocycles. The Hall–Kier alpha value is -1.73. The minimum atomic E-state index is -0.456. The molecule has 1 aliphatic carbocycles. The summed E-state index contributed by atoms with van der Waals surface area (Å²) in [6, 6.07) is 1.52. The van der Waals surface area contributed by atoms with E-state index in [1.165, 1.54) is 12.3 Å². The van der Waals surface area contributed by atoms with Crippen molar-refractivity contribution in [1.82, 2.24) is 4.98 Å². The van der Waals surface area contributed by atoms with E-state index in [1.807, 2.05) is 6.92 Å². The molecule has 19 heavy (non-hydrogen) atoms. The van der Waals surface area contributed by atoms with Crippen molar-refractivity contribution in [2.75, 3.05) is 11.9 Å². The van der Waals surface area contributed by atoms with E-state index in [4.69, 9.17) is 10.5 Å². The number of hydrogen-bond acceptors (Lipinski definition) is 6. The molecule has 1 aromatic rings. The van der Waals surface area contributed by atoms with Crippen LogP contribution in [0.4, 0.5) is 11.5 Å². The van der Waals surface area contributed by atoms with Gasteiger partial charge in [-0.1, -0.05) is 0 Å². The number of pyridine rings is 1. The van der Waals surface area contributed by atoms with E-state index >= 15 is 0 Å². The van der Waals surface area contributed by atoms with Crippen molar-refractivity contribution in [3.63, 3.8) is 0 Å². The first-order valence-corrected chi connectivity index (χ1v) is 6.27. The zero-order valence-electron chi connectivity index (χ0n) is 11.0. The number of nitrogens with one attached hydrogen (secondary N) is 1. The Morgan fingerprint density at radius 1 is 1.68 bits per heavy atom. The maximum absolute atomic E-state index is 10.6. The first kappa shape index (κ1) is 13.7. The van der Waals surface area contributed by atoms with E-state index < -0.39 is 4.92 Å². The van der Waals surface area contributed by atoms with Gasteiger partial charge in [0.1, 0.15) is 12.0 Å². The summed E-state index contributed by atoms with van der Waals surface area (Å²) in [5.41, 5.74) is 6.65. The second-order valence-corrected chi connectivity index (χ2v) is 4.68. The van der Waals surface area contributed by atoms with Crippen molar-refractivity contribution in [3.8, 4) is 0 Å². The topological polar surface area (TPSA) is 103 Å². The molecule has 0 aliphatic heterocycles. The summed E-state index contributed by atoms with van der Waals surface area (Å²) in [5, 5.41) is 13.9. The molecule has 0 spiro atoms. The summed E-state index contributed by atoms with van der Waals surface area (Å²) in [7, 11) is 0. The summed E-state index contributed by atoms with van der Waals surface area (Å²) in [6.45, 7) is 4.36. The van der Waals surface area contributed by atoms with Crippen LogP contribution in [0, 0.1) is 17.0 Å². The van der Waals surface area contributed by atoms with Gasteiger partial charge in [0.05, 0.1) is 17.1 Å². The van der Waals surface area contributed by atoms with Crippen LogP contribution in [0.3, 0.4) is 0 Å². The highest BCUT2D eigenvalue weighted by Gasteiger charge is 2.39. The van der Waals surface area contributed by atoms with Gasteiger partial charge < -0.3 is 15.8 Å². The molecule has 7 nitrogen and oxygen atoms in total. The normalized spacial score (nSPS) is 25.7. The molecule has 0 radical (unpaired) electrons. The molecule has 0 bridgehead atoms. The number of ether oxygens (including phenoxy) is 1. The number of anilines is 1. The second kappa shape index (κ2) is 5.50. The number of aromatic nitrogens is 1. The van der Waals surface area contributed by atoms with Crippen molar-refractivity contribution < 1.29 is 9.66 Å². The minimum absolute atomic E-state index is 0.00704. The van der Waals surface area contributed by atoms with Crippen LogP contribution in [0.1, 0.15) is 18.9 Å². The van der Waals surface area contributed by atoms with Gasteiger partial charge >= 0.3 is 0 Å². The predicted octanol–water partition coefficient (Wildman–Crippen LogP) is 1.21. The predicted molar refractivity (Wildman–Crippen MR) is 71.0 cm³/mol. The third-order valence-electron chi connectivity index (χ3n) is 3.33. The van der Waals surface area contributed by atoms with Crippen LogP contribution >= 0.6 is 0 Å². The van der Waals surface area contributed by atoms with Crippen molar-refractivity contribution in [3.05, 3.63) is 27.9 Å². The van der Waals surface area contributed by atoms with Gasteiger partial charge in [-0.2, -0.15) is 0 Å². The molecule has 1 heterocycles. The monoisotopic (exact) mass is 266 g/mol. The van der Waals surface area contributed by atoms with Gasteiger partial charge in [-0.3, -0.25) is 10.1 Å². The van der Waals surface area contributed by atoms with Crippen LogP contribution in [0.5, 0.6) is 0 Å². The maximum Gasteiger partial charge on any atom is 0.287 e. The molecule has 2 rings (SSSR count). The quantitative estimate of drug-likeness (QED) is 0.613. The van der Waals surface area contributed by atoms with E-state index in [9.17, 15) is 10.1 Å². The zero-order chi connectivity index (χ0) is 14.0. The van der Waals surface area contributed by atoms with Gasteiger partial charge in [0.25, 0.3) is 5.69 Å². The number of aryl methyl sites for hydroxylation is 1. The van der Waals surface area contributed by atoms with Crippen molar-refractivity contribution in [2.45, 2.75) is 38.5 Å². The van der Waals surface area contributed by atoms with Crippen molar-refractivity contribution in [1.29, 1.82) is 0 Å². The molecule has 3 N–H and O–H groups in total. The van der Waals surface area contributed by atoms with E-state index in [-0.39, 0.29) is 23.9 Å². The number of rotatable bonds is 5. The lowest BCUT2D eigenvalue weighted by atomic mass is 9.83. The summed E-state index contributed by atoms with van der Waals surface area (Å²) in [6.07, 6.45) is 2.14. The summed E-state index contributed by atoms with van der Waals surface area (Å²) in [5.74, 6) is 0.621. The maximum atomic E-state index is 10.6. The average molecular weight is 266 g/mol. The smallest absolute Gasteiger partial charge is 0.287 e. The van der Waals surface area contributed by atoms with Gasteiger partial charge in [-0.05, 0) is 25.8 Å². The minimum Gasteiger partial charge on any atom is -0.376 e. The van der Waals surface area contributed by atoms with Crippen LogP contribution in [0.25, 0.3) is 0 Å². The molecule has 3 atom stereocenters. The lowest BCUT2D eigenvalue weighted by molar-refractivity contribution is -0.385. The zero-order valence-corrected chi connectivity index (χ0v) is 11.0. The van der Waals surface area contributed by atoms with Gasteiger partial charge in [0.2, 0.25) is 0 Å². The third-order valence-corrected chi connectivity index (χ3v) is 3.33. The molecule has 1 aromatic heterocycles. The highest BCUT2D eigenvalue weighted by Crippen LogP contribution is 2.27. The Labute approximate surface area is 111 Å². The molecule has 1 aliphatic rings. The van der Waals surface area contributed by atoms with E-state index in [0.29, 0.717) is 12.4 Å². The molecule has 7 heteroatoms. The number of hydrogen-bond donors (Lipinski definition) is 2. The van der Waals surface area contributed by atoms with Gasteiger partial charge in [-0.15, -0.1) is 0 Å². The average Bonchev–Trinajstić information content (AvgIpc) is 2.36. The lowest BCUT2D eigenvalue weighted by Gasteiger charge is -2.42. The van der Waals surface area contributed by atoms with Gasteiger partial charge in [-0.25, -0.2) is 4.98 Å². The first-order chi connectivity index (χ1) is 9.02. The number of nitro groups is 1. The van der Waals surface area contributed by atoms with Gasteiger partial charge in [0, 0.05) is 18.7 Å². The summed E-state index contributed by atoms with van der Waals surface area (Å²) >= 11 is 0. The molecule has 3 unspecified atom stereocenters. The summed E-state index contributed by atoms with van der Waals surface area (Å²) < 4.78 is 5.56. The molecule has 1 saturated carbocycles. The van der Waals surface area contributed by atoms with Crippen LogP contribution < -0.4 is 11.1 Å². The highest BCUT2D eigenvalue weighted by molar-refractivity contribution is 5.49.